The highest BCUT2D eigenvalue weighted by molar-refractivity contribution is 5.98. The van der Waals surface area contributed by atoms with Gasteiger partial charge in [-0.05, 0) is 25.0 Å². The number of amides is 3. The van der Waals surface area contributed by atoms with Crippen LogP contribution >= 0.6 is 0 Å². The Bertz CT molecular complexity index is 907. The van der Waals surface area contributed by atoms with E-state index in [0.29, 0.717) is 23.7 Å². The number of nitrogens with zero attached hydrogens (tertiary/aromatic N) is 3. The van der Waals surface area contributed by atoms with Crippen LogP contribution in [0.1, 0.15) is 50.1 Å². The first-order valence-electron chi connectivity index (χ1n) is 9.51. The van der Waals surface area contributed by atoms with Gasteiger partial charge in [-0.25, -0.2) is 4.79 Å². The number of hydrogen-bond donors (Lipinski definition) is 1. The zero-order valence-electron chi connectivity index (χ0n) is 16.3. The number of likely N-dealkylation sites (tertiary alicyclic amines) is 1. The van der Waals surface area contributed by atoms with Gasteiger partial charge in [-0.3, -0.25) is 4.79 Å². The van der Waals surface area contributed by atoms with Crippen LogP contribution in [0.3, 0.4) is 0 Å². The monoisotopic (exact) mass is 384 g/mol. The number of hydrogen-bond acceptors (Lipinski definition) is 5. The molecule has 4 rings (SSSR count). The van der Waals surface area contributed by atoms with Crippen LogP contribution in [0.4, 0.5) is 16.2 Å². The fourth-order valence-corrected chi connectivity index (χ4v) is 3.60. The van der Waals surface area contributed by atoms with Crippen LogP contribution in [0.25, 0.3) is 0 Å². The zero-order valence-corrected chi connectivity index (χ0v) is 16.3. The second-order valence-electron chi connectivity index (χ2n) is 7.51. The molecule has 28 heavy (non-hydrogen) atoms. The Morgan fingerprint density at radius 2 is 2.14 bits per heavy atom. The molecule has 1 aromatic carbocycles. The quantitative estimate of drug-likeness (QED) is 0.875. The highest BCUT2D eigenvalue weighted by atomic mass is 16.5. The molecular formula is C20H24N4O4. The molecule has 0 saturated carbocycles. The van der Waals surface area contributed by atoms with Gasteiger partial charge >= 0.3 is 6.03 Å². The first kappa shape index (κ1) is 18.3. The van der Waals surface area contributed by atoms with Gasteiger partial charge in [0.2, 0.25) is 0 Å². The Kier molecular flexibility index (Phi) is 4.70. The third-order valence-electron chi connectivity index (χ3n) is 5.27. The lowest BCUT2D eigenvalue weighted by Crippen LogP contribution is -2.36. The maximum atomic E-state index is 12.9. The second-order valence-corrected chi connectivity index (χ2v) is 7.51. The van der Waals surface area contributed by atoms with Crippen molar-refractivity contribution in [3.05, 3.63) is 35.7 Å². The smallest absolute Gasteiger partial charge is 0.322 e. The average molecular weight is 384 g/mol. The molecule has 8 heteroatoms. The van der Waals surface area contributed by atoms with E-state index in [2.05, 4.69) is 10.5 Å². The van der Waals surface area contributed by atoms with Crippen LogP contribution < -0.4 is 15.0 Å². The van der Waals surface area contributed by atoms with Gasteiger partial charge in [-0.15, -0.1) is 0 Å². The summed E-state index contributed by atoms with van der Waals surface area (Å²) in [6.07, 6.45) is 1.78. The Morgan fingerprint density at radius 3 is 2.89 bits per heavy atom. The minimum Gasteiger partial charge on any atom is -0.481 e. The molecule has 2 aromatic rings. The maximum absolute atomic E-state index is 12.9. The van der Waals surface area contributed by atoms with Crippen molar-refractivity contribution in [1.29, 1.82) is 0 Å². The standard InChI is InChI=1S/C20H24N4O4/c1-12(2)17-10-14(22-28-17)15-5-4-8-24(15)20(26)21-13-6-7-16-18(9-13)27-11-19(25)23(16)3/h6-7,9-10,12,15H,4-5,8,11H2,1-3H3,(H,21,26)/t15-/m0/s1. The number of likely N-dealkylation sites (N-methyl/N-ethyl adjacent to an activating group) is 1. The van der Waals surface area contributed by atoms with Gasteiger partial charge in [0.25, 0.3) is 5.91 Å². The van der Waals surface area contributed by atoms with Gasteiger partial charge in [0.05, 0.1) is 11.7 Å². The van der Waals surface area contributed by atoms with Crippen molar-refractivity contribution in [3.63, 3.8) is 0 Å². The largest absolute Gasteiger partial charge is 0.481 e. The second kappa shape index (κ2) is 7.18. The zero-order chi connectivity index (χ0) is 19.8. The van der Waals surface area contributed by atoms with Gasteiger partial charge in [0, 0.05) is 37.3 Å². The van der Waals surface area contributed by atoms with Crippen molar-refractivity contribution in [1.82, 2.24) is 10.1 Å². The molecule has 2 aliphatic heterocycles. The minimum absolute atomic E-state index is 0.000553. The maximum Gasteiger partial charge on any atom is 0.322 e. The summed E-state index contributed by atoms with van der Waals surface area (Å²) in [5.41, 5.74) is 2.11. The van der Waals surface area contributed by atoms with Crippen molar-refractivity contribution in [3.8, 4) is 5.75 Å². The van der Waals surface area contributed by atoms with Crippen molar-refractivity contribution in [2.24, 2.45) is 0 Å². The van der Waals surface area contributed by atoms with Crippen LogP contribution in [0, 0.1) is 0 Å². The van der Waals surface area contributed by atoms with Gasteiger partial charge in [0.15, 0.2) is 6.61 Å². The van der Waals surface area contributed by atoms with E-state index in [1.165, 1.54) is 0 Å². The fourth-order valence-electron chi connectivity index (χ4n) is 3.60. The minimum atomic E-state index is -0.184. The number of rotatable bonds is 3. The molecule has 3 amide bonds. The summed E-state index contributed by atoms with van der Waals surface area (Å²) < 4.78 is 10.9. The Hall–Kier alpha value is -3.03. The third kappa shape index (κ3) is 3.30. The van der Waals surface area contributed by atoms with E-state index in [9.17, 15) is 9.59 Å². The van der Waals surface area contributed by atoms with Crippen LogP contribution in [0.15, 0.2) is 28.8 Å². The topological polar surface area (TPSA) is 87.9 Å². The van der Waals surface area contributed by atoms with E-state index >= 15 is 0 Å². The Labute approximate surface area is 163 Å². The van der Waals surface area contributed by atoms with E-state index in [4.69, 9.17) is 9.26 Å². The summed E-state index contributed by atoms with van der Waals surface area (Å²) in [4.78, 5) is 27.9. The van der Waals surface area contributed by atoms with E-state index in [0.717, 1.165) is 24.3 Å². The number of benzene rings is 1. The number of fused-ring (bicyclic) bond motifs is 1. The summed E-state index contributed by atoms with van der Waals surface area (Å²) in [5, 5.41) is 7.11. The number of carbonyl (C=O) groups is 2. The molecule has 3 heterocycles. The molecule has 0 spiro atoms. The molecule has 0 bridgehead atoms. The first-order chi connectivity index (χ1) is 13.4. The number of anilines is 2. The van der Waals surface area contributed by atoms with Crippen LogP contribution in [0.5, 0.6) is 5.75 Å². The molecule has 148 valence electrons. The highest BCUT2D eigenvalue weighted by Gasteiger charge is 2.33. The van der Waals surface area contributed by atoms with Crippen molar-refractivity contribution in [2.75, 3.05) is 30.4 Å². The lowest BCUT2D eigenvalue weighted by molar-refractivity contribution is -0.120. The molecule has 0 radical (unpaired) electrons. The SMILES string of the molecule is CC(C)c1cc([C@@H]2CCCN2C(=O)Nc2ccc3c(c2)OCC(=O)N3C)no1. The number of urea groups is 1. The molecule has 1 fully saturated rings. The van der Waals surface area contributed by atoms with Crippen LogP contribution in [0.2, 0.25) is 0 Å². The molecule has 0 unspecified atom stereocenters. The molecule has 1 N–H and O–H groups in total. The summed E-state index contributed by atoms with van der Waals surface area (Å²) in [5.74, 6) is 1.56. The first-order valence-corrected chi connectivity index (χ1v) is 9.51. The fraction of sp³-hybridized carbons (Fsp3) is 0.450. The highest BCUT2D eigenvalue weighted by Crippen LogP contribution is 2.35. The lowest BCUT2D eigenvalue weighted by atomic mass is 10.1. The predicted octanol–water partition coefficient (Wildman–Crippen LogP) is 3.52. The summed E-state index contributed by atoms with van der Waals surface area (Å²) in [6, 6.07) is 6.96. The Morgan fingerprint density at radius 1 is 1.32 bits per heavy atom. The number of carbonyl (C=O) groups excluding carboxylic acids is 2. The molecule has 1 saturated heterocycles. The van der Waals surface area contributed by atoms with Crippen LogP contribution in [-0.2, 0) is 4.79 Å². The molecule has 1 atom stereocenters. The van der Waals surface area contributed by atoms with Gasteiger partial charge in [0.1, 0.15) is 17.2 Å². The predicted molar refractivity (Wildman–Crippen MR) is 104 cm³/mol. The summed E-state index contributed by atoms with van der Waals surface area (Å²) >= 11 is 0. The number of aromatic nitrogens is 1. The normalized spacial score (nSPS) is 19.0. The van der Waals surface area contributed by atoms with Crippen molar-refractivity contribution < 1.29 is 18.8 Å². The lowest BCUT2D eigenvalue weighted by Gasteiger charge is -2.27. The van der Waals surface area contributed by atoms with E-state index < -0.39 is 0 Å². The molecule has 2 aliphatic rings. The van der Waals surface area contributed by atoms with Crippen LogP contribution in [-0.4, -0.2) is 42.2 Å². The van der Waals surface area contributed by atoms with E-state index in [1.807, 2.05) is 19.9 Å². The van der Waals surface area contributed by atoms with E-state index in [1.54, 1.807) is 35.0 Å². The molecular weight excluding hydrogens is 360 g/mol. The van der Waals surface area contributed by atoms with Gasteiger partial charge in [-0.1, -0.05) is 19.0 Å². The van der Waals surface area contributed by atoms with Crippen molar-refractivity contribution >= 4 is 23.3 Å². The summed E-state index contributed by atoms with van der Waals surface area (Å²) in [7, 11) is 1.71. The molecule has 1 aromatic heterocycles. The number of ether oxygens (including phenoxy) is 1. The third-order valence-corrected chi connectivity index (χ3v) is 5.27. The van der Waals surface area contributed by atoms with Crippen molar-refractivity contribution in [2.45, 2.75) is 38.6 Å². The van der Waals surface area contributed by atoms with E-state index in [-0.39, 0.29) is 30.5 Å². The average Bonchev–Trinajstić information content (AvgIpc) is 3.33. The van der Waals surface area contributed by atoms with Gasteiger partial charge in [-0.2, -0.15) is 0 Å². The van der Waals surface area contributed by atoms with Gasteiger partial charge < -0.3 is 24.4 Å². The molecule has 0 aliphatic carbocycles. The summed E-state index contributed by atoms with van der Waals surface area (Å²) in [6.45, 7) is 4.76. The number of nitrogens with one attached hydrogen (secondary N) is 1. The Balaban J connectivity index is 1.49. The molecule has 8 nitrogen and oxygen atoms in total.